The van der Waals surface area contributed by atoms with Gasteiger partial charge in [-0.1, -0.05) is 0 Å². The minimum absolute atomic E-state index is 0.427. The third-order valence-corrected chi connectivity index (χ3v) is 5.07. The standard InChI is InChI=1S/C15H29N3O/c1-17-8-9-19-14(11-17)12-18-7-3-5-15(18)13-4-2-6-16-10-13/h13-16H,2-12H2,1H3. The van der Waals surface area contributed by atoms with Crippen LogP contribution in [0.2, 0.25) is 0 Å². The molecule has 0 aromatic carbocycles. The predicted molar refractivity (Wildman–Crippen MR) is 77.4 cm³/mol. The van der Waals surface area contributed by atoms with Gasteiger partial charge >= 0.3 is 0 Å². The molecule has 0 aromatic rings. The Bertz CT molecular complexity index is 281. The van der Waals surface area contributed by atoms with Crippen molar-refractivity contribution < 1.29 is 4.74 Å². The molecule has 0 radical (unpaired) electrons. The van der Waals surface area contributed by atoms with Crippen molar-refractivity contribution in [2.24, 2.45) is 5.92 Å². The van der Waals surface area contributed by atoms with Gasteiger partial charge in [0.15, 0.2) is 0 Å². The molecule has 3 heterocycles. The molecule has 3 aliphatic rings. The molecular weight excluding hydrogens is 238 g/mol. The molecule has 0 aromatic heterocycles. The number of ether oxygens (including phenoxy) is 1. The first-order valence-electron chi connectivity index (χ1n) is 8.08. The second-order valence-electron chi connectivity index (χ2n) is 6.57. The van der Waals surface area contributed by atoms with Crippen LogP contribution >= 0.6 is 0 Å². The van der Waals surface area contributed by atoms with Gasteiger partial charge in [0, 0.05) is 25.7 Å². The highest BCUT2D eigenvalue weighted by Crippen LogP contribution is 2.28. The number of rotatable bonds is 3. The van der Waals surface area contributed by atoms with Gasteiger partial charge in [-0.25, -0.2) is 0 Å². The number of likely N-dealkylation sites (tertiary alicyclic amines) is 1. The van der Waals surface area contributed by atoms with E-state index in [1.54, 1.807) is 0 Å². The minimum atomic E-state index is 0.427. The average molecular weight is 267 g/mol. The fourth-order valence-electron chi connectivity index (χ4n) is 4.06. The van der Waals surface area contributed by atoms with Crippen molar-refractivity contribution in [2.75, 3.05) is 52.9 Å². The van der Waals surface area contributed by atoms with Crippen LogP contribution in [0.25, 0.3) is 0 Å². The van der Waals surface area contributed by atoms with Crippen molar-refractivity contribution in [1.82, 2.24) is 15.1 Å². The molecule has 3 atom stereocenters. The lowest BCUT2D eigenvalue weighted by Crippen LogP contribution is -2.50. The van der Waals surface area contributed by atoms with Gasteiger partial charge in [-0.05, 0) is 58.3 Å². The number of hydrogen-bond acceptors (Lipinski definition) is 4. The Balaban J connectivity index is 1.53. The molecule has 110 valence electrons. The van der Waals surface area contributed by atoms with Crippen LogP contribution in [-0.2, 0) is 4.74 Å². The van der Waals surface area contributed by atoms with Gasteiger partial charge in [0.1, 0.15) is 0 Å². The molecule has 3 rings (SSSR count). The van der Waals surface area contributed by atoms with Crippen molar-refractivity contribution in [2.45, 2.75) is 37.8 Å². The lowest BCUT2D eigenvalue weighted by molar-refractivity contribution is -0.0406. The summed E-state index contributed by atoms with van der Waals surface area (Å²) in [7, 11) is 2.21. The molecule has 3 aliphatic heterocycles. The molecule has 3 fully saturated rings. The molecule has 0 saturated carbocycles. The highest BCUT2D eigenvalue weighted by atomic mass is 16.5. The van der Waals surface area contributed by atoms with Gasteiger partial charge in [0.2, 0.25) is 0 Å². The van der Waals surface area contributed by atoms with Crippen molar-refractivity contribution in [3.63, 3.8) is 0 Å². The predicted octanol–water partition coefficient (Wildman–Crippen LogP) is 0.781. The lowest BCUT2D eigenvalue weighted by atomic mass is 9.90. The maximum absolute atomic E-state index is 5.95. The monoisotopic (exact) mass is 267 g/mol. The summed E-state index contributed by atoms with van der Waals surface area (Å²) < 4.78 is 5.95. The molecule has 0 spiro atoms. The van der Waals surface area contributed by atoms with Crippen molar-refractivity contribution in [3.05, 3.63) is 0 Å². The average Bonchev–Trinajstić information content (AvgIpc) is 2.88. The summed E-state index contributed by atoms with van der Waals surface area (Å²) in [6.07, 6.45) is 5.98. The van der Waals surface area contributed by atoms with Gasteiger partial charge < -0.3 is 15.0 Å². The van der Waals surface area contributed by atoms with Gasteiger partial charge in [0.25, 0.3) is 0 Å². The Morgan fingerprint density at radius 1 is 1.21 bits per heavy atom. The maximum Gasteiger partial charge on any atom is 0.0829 e. The van der Waals surface area contributed by atoms with E-state index in [1.165, 1.54) is 45.3 Å². The normalized spacial score (nSPS) is 38.7. The fourth-order valence-corrected chi connectivity index (χ4v) is 4.06. The second kappa shape index (κ2) is 6.53. The number of piperidine rings is 1. The number of nitrogens with one attached hydrogen (secondary N) is 1. The van der Waals surface area contributed by atoms with E-state index in [9.17, 15) is 0 Å². The molecule has 1 N–H and O–H groups in total. The van der Waals surface area contributed by atoms with Gasteiger partial charge in [-0.15, -0.1) is 0 Å². The SMILES string of the molecule is CN1CCOC(CN2CCCC2C2CCCNC2)C1. The Morgan fingerprint density at radius 2 is 2.16 bits per heavy atom. The van der Waals surface area contributed by atoms with Crippen LogP contribution in [0.15, 0.2) is 0 Å². The number of morpholine rings is 1. The molecule has 0 amide bonds. The van der Waals surface area contributed by atoms with E-state index in [-0.39, 0.29) is 0 Å². The highest BCUT2D eigenvalue weighted by molar-refractivity contribution is 4.89. The van der Waals surface area contributed by atoms with Crippen molar-refractivity contribution >= 4 is 0 Å². The van der Waals surface area contributed by atoms with Crippen LogP contribution in [-0.4, -0.2) is 74.9 Å². The van der Waals surface area contributed by atoms with Gasteiger partial charge in [-0.2, -0.15) is 0 Å². The smallest absolute Gasteiger partial charge is 0.0829 e. The molecular formula is C15H29N3O. The summed E-state index contributed by atoms with van der Waals surface area (Å²) in [5.41, 5.74) is 0. The number of likely N-dealkylation sites (N-methyl/N-ethyl adjacent to an activating group) is 1. The van der Waals surface area contributed by atoms with Gasteiger partial charge in [0.05, 0.1) is 12.7 Å². The summed E-state index contributed by atoms with van der Waals surface area (Å²) in [5.74, 6) is 0.873. The molecule has 3 saturated heterocycles. The minimum Gasteiger partial charge on any atom is -0.374 e. The summed E-state index contributed by atoms with van der Waals surface area (Å²) in [5, 5.41) is 3.58. The Kier molecular flexibility index (Phi) is 4.74. The number of hydrogen-bond donors (Lipinski definition) is 1. The molecule has 0 aliphatic carbocycles. The highest BCUT2D eigenvalue weighted by Gasteiger charge is 2.34. The maximum atomic E-state index is 5.95. The fraction of sp³-hybridized carbons (Fsp3) is 1.00. The van der Waals surface area contributed by atoms with E-state index in [4.69, 9.17) is 4.74 Å². The third kappa shape index (κ3) is 3.48. The lowest BCUT2D eigenvalue weighted by Gasteiger charge is -2.38. The molecule has 3 unspecified atom stereocenters. The van der Waals surface area contributed by atoms with Crippen LogP contribution in [0.4, 0.5) is 0 Å². The molecule has 4 nitrogen and oxygen atoms in total. The first-order chi connectivity index (χ1) is 9.33. The summed E-state index contributed by atoms with van der Waals surface area (Å²) in [6.45, 7) is 7.98. The Labute approximate surface area is 117 Å². The van der Waals surface area contributed by atoms with Crippen LogP contribution in [0.1, 0.15) is 25.7 Å². The Morgan fingerprint density at radius 3 is 2.95 bits per heavy atom. The van der Waals surface area contributed by atoms with E-state index in [1.807, 2.05) is 0 Å². The van der Waals surface area contributed by atoms with E-state index >= 15 is 0 Å². The van der Waals surface area contributed by atoms with Crippen LogP contribution in [0.3, 0.4) is 0 Å². The summed E-state index contributed by atoms with van der Waals surface area (Å²) in [4.78, 5) is 5.13. The Hall–Kier alpha value is -0.160. The zero-order valence-electron chi connectivity index (χ0n) is 12.3. The zero-order valence-corrected chi connectivity index (χ0v) is 12.3. The first kappa shape index (κ1) is 13.8. The topological polar surface area (TPSA) is 27.7 Å². The van der Waals surface area contributed by atoms with Gasteiger partial charge in [-0.3, -0.25) is 4.90 Å². The quantitative estimate of drug-likeness (QED) is 0.818. The van der Waals surface area contributed by atoms with Crippen LogP contribution < -0.4 is 5.32 Å². The molecule has 19 heavy (non-hydrogen) atoms. The summed E-state index contributed by atoms with van der Waals surface area (Å²) >= 11 is 0. The van der Waals surface area contributed by atoms with Crippen LogP contribution in [0.5, 0.6) is 0 Å². The largest absolute Gasteiger partial charge is 0.374 e. The number of nitrogens with zero attached hydrogens (tertiary/aromatic N) is 2. The third-order valence-electron chi connectivity index (χ3n) is 5.07. The summed E-state index contributed by atoms with van der Waals surface area (Å²) in [6, 6.07) is 0.809. The van der Waals surface area contributed by atoms with E-state index < -0.39 is 0 Å². The molecule has 4 heteroatoms. The van der Waals surface area contributed by atoms with E-state index in [0.29, 0.717) is 6.10 Å². The zero-order chi connectivity index (χ0) is 13.1. The first-order valence-corrected chi connectivity index (χ1v) is 8.08. The second-order valence-corrected chi connectivity index (χ2v) is 6.57. The van der Waals surface area contributed by atoms with Crippen molar-refractivity contribution in [1.29, 1.82) is 0 Å². The molecule has 0 bridgehead atoms. The van der Waals surface area contributed by atoms with Crippen LogP contribution in [0, 0.1) is 5.92 Å². The van der Waals surface area contributed by atoms with E-state index in [2.05, 4.69) is 22.2 Å². The van der Waals surface area contributed by atoms with Crippen molar-refractivity contribution in [3.8, 4) is 0 Å². The van der Waals surface area contributed by atoms with E-state index in [0.717, 1.165) is 38.2 Å².